The Balaban J connectivity index is 1.89. The van der Waals surface area contributed by atoms with Gasteiger partial charge in [-0.25, -0.2) is 4.39 Å². The summed E-state index contributed by atoms with van der Waals surface area (Å²) in [7, 11) is 0. The quantitative estimate of drug-likeness (QED) is 0.872. The second-order valence-electron chi connectivity index (χ2n) is 4.72. The average molecular weight is 237 g/mol. The fraction of sp³-hybridized carbons (Fsp3) is 0.571. The molecule has 1 atom stereocenters. The number of aryl methyl sites for hydroxylation is 1. The predicted molar refractivity (Wildman–Crippen MR) is 66.9 cm³/mol. The lowest BCUT2D eigenvalue weighted by atomic mass is 10.1. The van der Waals surface area contributed by atoms with Gasteiger partial charge in [0.05, 0.1) is 0 Å². The molecule has 0 saturated carbocycles. The molecule has 3 heteroatoms. The van der Waals surface area contributed by atoms with Gasteiger partial charge >= 0.3 is 0 Å². The van der Waals surface area contributed by atoms with Crippen molar-refractivity contribution in [2.45, 2.75) is 38.6 Å². The van der Waals surface area contributed by atoms with Crippen LogP contribution in [0.15, 0.2) is 18.2 Å². The van der Waals surface area contributed by atoms with Gasteiger partial charge in [0, 0.05) is 12.1 Å². The zero-order valence-electron chi connectivity index (χ0n) is 10.3. The van der Waals surface area contributed by atoms with Crippen LogP contribution in [-0.2, 0) is 0 Å². The van der Waals surface area contributed by atoms with Crippen molar-refractivity contribution in [2.75, 3.05) is 13.2 Å². The molecule has 1 N–H and O–H groups in total. The van der Waals surface area contributed by atoms with Gasteiger partial charge in [0.2, 0.25) is 0 Å². The molecular formula is C14H20FNO. The minimum atomic E-state index is -0.237. The van der Waals surface area contributed by atoms with E-state index in [-0.39, 0.29) is 5.82 Å². The van der Waals surface area contributed by atoms with E-state index in [1.165, 1.54) is 31.4 Å². The molecule has 94 valence electrons. The van der Waals surface area contributed by atoms with Crippen molar-refractivity contribution in [1.82, 2.24) is 5.32 Å². The molecule has 2 nitrogen and oxygen atoms in total. The van der Waals surface area contributed by atoms with E-state index in [2.05, 4.69) is 5.32 Å². The Morgan fingerprint density at radius 2 is 2.24 bits per heavy atom. The topological polar surface area (TPSA) is 21.3 Å². The van der Waals surface area contributed by atoms with Crippen LogP contribution in [0.4, 0.5) is 4.39 Å². The van der Waals surface area contributed by atoms with Gasteiger partial charge in [-0.15, -0.1) is 0 Å². The summed E-state index contributed by atoms with van der Waals surface area (Å²) in [5.41, 5.74) is 0.986. The van der Waals surface area contributed by atoms with Crippen molar-refractivity contribution in [1.29, 1.82) is 0 Å². The summed E-state index contributed by atoms with van der Waals surface area (Å²) in [4.78, 5) is 0. The summed E-state index contributed by atoms with van der Waals surface area (Å²) < 4.78 is 18.8. The lowest BCUT2D eigenvalue weighted by Crippen LogP contribution is -2.33. The van der Waals surface area contributed by atoms with E-state index in [1.807, 2.05) is 6.92 Å². The number of rotatable bonds is 3. The molecule has 1 heterocycles. The van der Waals surface area contributed by atoms with Crippen LogP contribution < -0.4 is 10.1 Å². The van der Waals surface area contributed by atoms with E-state index in [0.29, 0.717) is 18.4 Å². The Kier molecular flexibility index (Phi) is 4.37. The normalized spacial score (nSPS) is 20.9. The summed E-state index contributed by atoms with van der Waals surface area (Å²) in [6.45, 7) is 3.63. The van der Waals surface area contributed by atoms with E-state index in [9.17, 15) is 4.39 Å². The maximum absolute atomic E-state index is 13.1. The number of hydrogen-bond acceptors (Lipinski definition) is 2. The van der Waals surface area contributed by atoms with Crippen LogP contribution in [0.1, 0.15) is 31.2 Å². The minimum Gasteiger partial charge on any atom is -0.492 e. The van der Waals surface area contributed by atoms with Crippen LogP contribution in [0.25, 0.3) is 0 Å². The summed E-state index contributed by atoms with van der Waals surface area (Å²) in [5.74, 6) is 0.426. The van der Waals surface area contributed by atoms with Crippen LogP contribution >= 0.6 is 0 Å². The average Bonchev–Trinajstić information content (AvgIpc) is 2.59. The van der Waals surface area contributed by atoms with Gasteiger partial charge in [0.15, 0.2) is 0 Å². The molecule has 1 aromatic rings. The standard InChI is InChI=1S/C14H20FNO/c1-11-6-7-12(15)9-14(11)17-10-13-5-3-2-4-8-16-13/h6-7,9,13,16H,2-5,8,10H2,1H3. The summed E-state index contributed by atoms with van der Waals surface area (Å²) in [6.07, 6.45) is 4.94. The molecule has 0 aromatic heterocycles. The highest BCUT2D eigenvalue weighted by Crippen LogP contribution is 2.19. The van der Waals surface area contributed by atoms with E-state index in [4.69, 9.17) is 4.74 Å². The summed E-state index contributed by atoms with van der Waals surface area (Å²) in [6, 6.07) is 5.09. The van der Waals surface area contributed by atoms with Crippen LogP contribution in [0.3, 0.4) is 0 Å². The van der Waals surface area contributed by atoms with Gasteiger partial charge in [-0.2, -0.15) is 0 Å². The molecule has 1 unspecified atom stereocenters. The second-order valence-corrected chi connectivity index (χ2v) is 4.72. The predicted octanol–water partition coefficient (Wildman–Crippen LogP) is 3.05. The molecule has 1 aromatic carbocycles. The van der Waals surface area contributed by atoms with Gasteiger partial charge in [0.1, 0.15) is 18.2 Å². The SMILES string of the molecule is Cc1ccc(F)cc1OCC1CCCCCN1. The molecular weight excluding hydrogens is 217 g/mol. The highest BCUT2D eigenvalue weighted by molar-refractivity contribution is 5.32. The molecule has 1 saturated heterocycles. The van der Waals surface area contributed by atoms with Crippen LogP contribution in [0, 0.1) is 12.7 Å². The Labute approximate surface area is 102 Å². The van der Waals surface area contributed by atoms with Crippen LogP contribution in [0.5, 0.6) is 5.75 Å². The second kappa shape index (κ2) is 6.01. The molecule has 0 amide bonds. The largest absolute Gasteiger partial charge is 0.492 e. The maximum atomic E-state index is 13.1. The van der Waals surface area contributed by atoms with Crippen molar-refractivity contribution in [3.8, 4) is 5.75 Å². The van der Waals surface area contributed by atoms with E-state index < -0.39 is 0 Å². The first kappa shape index (κ1) is 12.4. The highest BCUT2D eigenvalue weighted by atomic mass is 19.1. The highest BCUT2D eigenvalue weighted by Gasteiger charge is 2.12. The third-order valence-corrected chi connectivity index (χ3v) is 3.25. The van der Waals surface area contributed by atoms with Crippen molar-refractivity contribution >= 4 is 0 Å². The van der Waals surface area contributed by atoms with Crippen molar-refractivity contribution < 1.29 is 9.13 Å². The molecule has 2 rings (SSSR count). The van der Waals surface area contributed by atoms with Crippen molar-refractivity contribution in [3.63, 3.8) is 0 Å². The van der Waals surface area contributed by atoms with E-state index >= 15 is 0 Å². The zero-order chi connectivity index (χ0) is 12.1. The molecule has 0 spiro atoms. The smallest absolute Gasteiger partial charge is 0.126 e. The number of benzene rings is 1. The third kappa shape index (κ3) is 3.70. The Bertz CT molecular complexity index is 359. The molecule has 1 fully saturated rings. The summed E-state index contributed by atoms with van der Waals surface area (Å²) >= 11 is 0. The first-order valence-corrected chi connectivity index (χ1v) is 6.38. The Hall–Kier alpha value is -1.09. The molecule has 1 aliphatic rings. The minimum absolute atomic E-state index is 0.237. The number of hydrogen-bond donors (Lipinski definition) is 1. The lowest BCUT2D eigenvalue weighted by Gasteiger charge is -2.17. The van der Waals surface area contributed by atoms with Crippen LogP contribution in [0.2, 0.25) is 0 Å². The molecule has 0 aliphatic carbocycles. The van der Waals surface area contributed by atoms with Crippen molar-refractivity contribution in [2.24, 2.45) is 0 Å². The molecule has 0 bridgehead atoms. The monoisotopic (exact) mass is 237 g/mol. The lowest BCUT2D eigenvalue weighted by molar-refractivity contribution is 0.259. The fourth-order valence-corrected chi connectivity index (χ4v) is 2.16. The first-order valence-electron chi connectivity index (χ1n) is 6.38. The Morgan fingerprint density at radius 3 is 3.12 bits per heavy atom. The number of halogens is 1. The maximum Gasteiger partial charge on any atom is 0.126 e. The summed E-state index contributed by atoms with van der Waals surface area (Å²) in [5, 5.41) is 3.47. The van der Waals surface area contributed by atoms with Crippen molar-refractivity contribution in [3.05, 3.63) is 29.6 Å². The first-order chi connectivity index (χ1) is 8.25. The van der Waals surface area contributed by atoms with E-state index in [1.54, 1.807) is 6.07 Å². The number of nitrogens with one attached hydrogen (secondary N) is 1. The van der Waals surface area contributed by atoms with Gasteiger partial charge < -0.3 is 10.1 Å². The van der Waals surface area contributed by atoms with Gasteiger partial charge in [-0.1, -0.05) is 18.9 Å². The molecule has 1 aliphatic heterocycles. The Morgan fingerprint density at radius 1 is 1.35 bits per heavy atom. The third-order valence-electron chi connectivity index (χ3n) is 3.25. The molecule has 0 radical (unpaired) electrons. The zero-order valence-corrected chi connectivity index (χ0v) is 10.3. The van der Waals surface area contributed by atoms with Crippen LogP contribution in [-0.4, -0.2) is 19.2 Å². The van der Waals surface area contributed by atoms with E-state index in [0.717, 1.165) is 18.5 Å². The van der Waals surface area contributed by atoms with Gasteiger partial charge in [-0.05, 0) is 37.9 Å². The fourth-order valence-electron chi connectivity index (χ4n) is 2.16. The van der Waals surface area contributed by atoms with Gasteiger partial charge in [0.25, 0.3) is 0 Å². The van der Waals surface area contributed by atoms with Gasteiger partial charge in [-0.3, -0.25) is 0 Å². The molecule has 17 heavy (non-hydrogen) atoms. The number of ether oxygens (including phenoxy) is 1.